The van der Waals surface area contributed by atoms with Gasteiger partial charge in [0.25, 0.3) is 0 Å². The van der Waals surface area contributed by atoms with Crippen LogP contribution >= 0.6 is 35.7 Å². The van der Waals surface area contributed by atoms with Gasteiger partial charge in [-0.1, -0.05) is 12.1 Å². The summed E-state index contributed by atoms with van der Waals surface area (Å²) in [4.78, 5) is 4.10. The van der Waals surface area contributed by atoms with Crippen molar-refractivity contribution < 1.29 is 13.2 Å². The minimum Gasteiger partial charge on any atom is -0.355 e. The maximum Gasteiger partial charge on any atom is 0.416 e. The van der Waals surface area contributed by atoms with Crippen molar-refractivity contribution in [2.45, 2.75) is 31.3 Å². The summed E-state index contributed by atoms with van der Waals surface area (Å²) in [6, 6.07) is 5.11. The number of benzene rings is 1. The summed E-state index contributed by atoms with van der Waals surface area (Å²) in [6.07, 6.45) is -2.26. The number of hydrogen-bond donors (Lipinski definition) is 2. The van der Waals surface area contributed by atoms with Crippen molar-refractivity contribution in [3.63, 3.8) is 0 Å². The van der Waals surface area contributed by atoms with E-state index in [1.807, 2.05) is 6.26 Å². The predicted molar refractivity (Wildman–Crippen MR) is 103 cm³/mol. The minimum atomic E-state index is -4.30. The fraction of sp³-hybridized carbons (Fsp3) is 0.533. The van der Waals surface area contributed by atoms with Gasteiger partial charge in [-0.2, -0.15) is 24.9 Å². The lowest BCUT2D eigenvalue weighted by Crippen LogP contribution is -2.42. The molecule has 1 aromatic carbocycles. The van der Waals surface area contributed by atoms with Gasteiger partial charge >= 0.3 is 6.18 Å². The molecule has 0 radical (unpaired) electrons. The second kappa shape index (κ2) is 9.61. The van der Waals surface area contributed by atoms with E-state index in [4.69, 9.17) is 0 Å². The summed E-state index contributed by atoms with van der Waals surface area (Å²) in [7, 11) is 1.66. The van der Waals surface area contributed by atoms with E-state index in [1.165, 1.54) is 12.1 Å². The summed E-state index contributed by atoms with van der Waals surface area (Å²) >= 11 is 1.75. The Morgan fingerprint density at radius 3 is 2.13 bits per heavy atom. The van der Waals surface area contributed by atoms with E-state index >= 15 is 0 Å². The number of aliphatic imine (C=N–C) groups is 1. The van der Waals surface area contributed by atoms with Crippen LogP contribution in [0.15, 0.2) is 29.3 Å². The average molecular weight is 461 g/mol. The quantitative estimate of drug-likeness (QED) is 0.394. The van der Waals surface area contributed by atoms with Gasteiger partial charge in [-0.05, 0) is 37.8 Å². The van der Waals surface area contributed by atoms with Crippen LogP contribution in [0.1, 0.15) is 25.0 Å². The predicted octanol–water partition coefficient (Wildman–Crippen LogP) is 4.13. The highest BCUT2D eigenvalue weighted by atomic mass is 127. The number of thioether (sulfide) groups is 1. The van der Waals surface area contributed by atoms with Crippen LogP contribution in [0.25, 0.3) is 0 Å². The molecule has 0 atom stereocenters. The number of alkyl halides is 3. The zero-order valence-electron chi connectivity index (χ0n) is 13.6. The highest BCUT2D eigenvalue weighted by Crippen LogP contribution is 2.29. The molecule has 0 aromatic heterocycles. The van der Waals surface area contributed by atoms with Gasteiger partial charge in [0.05, 0.1) is 5.56 Å². The Morgan fingerprint density at radius 1 is 1.13 bits per heavy atom. The number of nitrogens with zero attached hydrogens (tertiary/aromatic N) is 1. The van der Waals surface area contributed by atoms with E-state index in [0.717, 1.165) is 24.2 Å². The third-order valence-corrected chi connectivity index (χ3v) is 4.45. The van der Waals surface area contributed by atoms with Crippen molar-refractivity contribution in [2.75, 3.05) is 19.8 Å². The van der Waals surface area contributed by atoms with Crippen LogP contribution in [-0.2, 0) is 12.7 Å². The standard InChI is InChI=1S/C15H22F3N3S.HI/c1-14(2,22-4)10-21-13(19-3)20-9-11-5-7-12(8-6-11)15(16,17)18;/h5-8H,9-10H2,1-4H3,(H2,19,20,21);1H. The van der Waals surface area contributed by atoms with Crippen molar-refractivity contribution in [3.05, 3.63) is 35.4 Å². The molecule has 0 bridgehead atoms. The first-order chi connectivity index (χ1) is 10.2. The first-order valence-electron chi connectivity index (χ1n) is 6.84. The Kier molecular flexibility index (Phi) is 9.34. The Hall–Kier alpha value is -0.640. The van der Waals surface area contributed by atoms with E-state index in [1.54, 1.807) is 18.8 Å². The zero-order chi connectivity index (χ0) is 16.8. The van der Waals surface area contributed by atoms with E-state index in [2.05, 4.69) is 29.5 Å². The van der Waals surface area contributed by atoms with Gasteiger partial charge in [0.2, 0.25) is 0 Å². The third kappa shape index (κ3) is 8.14. The van der Waals surface area contributed by atoms with Crippen LogP contribution < -0.4 is 10.6 Å². The highest BCUT2D eigenvalue weighted by molar-refractivity contribution is 14.0. The maximum absolute atomic E-state index is 12.5. The Balaban J connectivity index is 0.00000484. The summed E-state index contributed by atoms with van der Waals surface area (Å²) in [6.45, 7) is 5.39. The Bertz CT molecular complexity index is 502. The second-order valence-corrected chi connectivity index (χ2v) is 6.95. The molecule has 1 rings (SSSR count). The highest BCUT2D eigenvalue weighted by Gasteiger charge is 2.29. The molecule has 2 N–H and O–H groups in total. The van der Waals surface area contributed by atoms with Crippen molar-refractivity contribution in [1.82, 2.24) is 10.6 Å². The number of guanidine groups is 1. The largest absolute Gasteiger partial charge is 0.416 e. The fourth-order valence-corrected chi connectivity index (χ4v) is 1.80. The van der Waals surface area contributed by atoms with Crippen LogP contribution in [0.2, 0.25) is 0 Å². The van der Waals surface area contributed by atoms with Gasteiger partial charge in [-0.15, -0.1) is 24.0 Å². The molecular formula is C15H23F3IN3S. The van der Waals surface area contributed by atoms with E-state index in [9.17, 15) is 13.2 Å². The summed E-state index contributed by atoms with van der Waals surface area (Å²) in [5.74, 6) is 0.627. The lowest BCUT2D eigenvalue weighted by molar-refractivity contribution is -0.137. The molecule has 23 heavy (non-hydrogen) atoms. The first-order valence-corrected chi connectivity index (χ1v) is 8.06. The molecule has 0 saturated carbocycles. The first kappa shape index (κ1) is 22.4. The molecule has 0 aliphatic carbocycles. The van der Waals surface area contributed by atoms with Crippen LogP contribution in [0.3, 0.4) is 0 Å². The van der Waals surface area contributed by atoms with Gasteiger partial charge in [0, 0.05) is 24.9 Å². The molecule has 0 aliphatic heterocycles. The SMILES string of the molecule is CN=C(NCc1ccc(C(F)(F)F)cc1)NCC(C)(C)SC.I. The molecule has 1 aromatic rings. The molecule has 0 aliphatic rings. The fourth-order valence-electron chi connectivity index (χ4n) is 1.59. The van der Waals surface area contributed by atoms with Crippen molar-refractivity contribution in [1.29, 1.82) is 0 Å². The van der Waals surface area contributed by atoms with E-state index < -0.39 is 11.7 Å². The lowest BCUT2D eigenvalue weighted by Gasteiger charge is -2.23. The summed E-state index contributed by atoms with van der Waals surface area (Å²) in [5, 5.41) is 6.29. The zero-order valence-corrected chi connectivity index (χ0v) is 16.8. The van der Waals surface area contributed by atoms with Gasteiger partial charge < -0.3 is 10.6 Å². The van der Waals surface area contributed by atoms with Gasteiger partial charge in [0.1, 0.15) is 0 Å². The molecule has 0 fully saturated rings. The topological polar surface area (TPSA) is 36.4 Å². The van der Waals surface area contributed by atoms with Crippen LogP contribution in [0.5, 0.6) is 0 Å². The summed E-state index contributed by atoms with van der Waals surface area (Å²) in [5.41, 5.74) is 0.126. The lowest BCUT2D eigenvalue weighted by atomic mass is 10.1. The van der Waals surface area contributed by atoms with Crippen molar-refractivity contribution >= 4 is 41.7 Å². The van der Waals surface area contributed by atoms with Crippen molar-refractivity contribution in [2.24, 2.45) is 4.99 Å². The van der Waals surface area contributed by atoms with Gasteiger partial charge in [0.15, 0.2) is 5.96 Å². The molecule has 8 heteroatoms. The second-order valence-electron chi connectivity index (χ2n) is 5.44. The van der Waals surface area contributed by atoms with Gasteiger partial charge in [-0.25, -0.2) is 0 Å². The minimum absolute atomic E-state index is 0. The average Bonchev–Trinajstić information content (AvgIpc) is 2.47. The Labute approximate surface area is 156 Å². The molecule has 0 saturated heterocycles. The van der Waals surface area contributed by atoms with Crippen LogP contribution in [0.4, 0.5) is 13.2 Å². The summed E-state index contributed by atoms with van der Waals surface area (Å²) < 4.78 is 37.5. The van der Waals surface area contributed by atoms with Crippen molar-refractivity contribution in [3.8, 4) is 0 Å². The molecule has 3 nitrogen and oxygen atoms in total. The Morgan fingerprint density at radius 2 is 1.70 bits per heavy atom. The van der Waals surface area contributed by atoms with Crippen LogP contribution in [0, 0.1) is 0 Å². The van der Waals surface area contributed by atoms with Gasteiger partial charge in [-0.3, -0.25) is 4.99 Å². The number of rotatable bonds is 5. The van der Waals surface area contributed by atoms with E-state index in [-0.39, 0.29) is 28.7 Å². The third-order valence-electron chi connectivity index (χ3n) is 3.20. The molecular weight excluding hydrogens is 438 g/mol. The maximum atomic E-state index is 12.5. The number of hydrogen-bond acceptors (Lipinski definition) is 2. The molecule has 0 spiro atoms. The number of halogens is 4. The molecule has 0 heterocycles. The monoisotopic (exact) mass is 461 g/mol. The molecule has 0 amide bonds. The normalized spacial score (nSPS) is 12.6. The van der Waals surface area contributed by atoms with Crippen LogP contribution in [-0.4, -0.2) is 30.6 Å². The molecule has 0 unspecified atom stereocenters. The molecule has 132 valence electrons. The smallest absolute Gasteiger partial charge is 0.355 e. The number of nitrogens with one attached hydrogen (secondary N) is 2. The van der Waals surface area contributed by atoms with E-state index in [0.29, 0.717) is 12.5 Å².